The van der Waals surface area contributed by atoms with E-state index >= 15 is 0 Å². The van der Waals surface area contributed by atoms with Gasteiger partial charge >= 0.3 is 0 Å². The molecule has 0 N–H and O–H groups in total. The summed E-state index contributed by atoms with van der Waals surface area (Å²) in [5.41, 5.74) is 0.679. The van der Waals surface area contributed by atoms with Gasteiger partial charge in [-0.25, -0.2) is 0 Å². The van der Waals surface area contributed by atoms with E-state index in [2.05, 4.69) is 20.8 Å². The van der Waals surface area contributed by atoms with Crippen LogP contribution in [0.2, 0.25) is 0 Å². The van der Waals surface area contributed by atoms with Gasteiger partial charge in [0.25, 0.3) is 0 Å². The zero-order chi connectivity index (χ0) is 25.3. The monoisotopic (exact) mass is 491 g/mol. The van der Waals surface area contributed by atoms with E-state index in [1.807, 2.05) is 0 Å². The lowest BCUT2D eigenvalue weighted by atomic mass is 9.67. The van der Waals surface area contributed by atoms with Gasteiger partial charge in [-0.3, -0.25) is 0 Å². The topological polar surface area (TPSA) is 0 Å². The highest BCUT2D eigenvalue weighted by molar-refractivity contribution is 4.83. The average Bonchev–Trinajstić information content (AvgIpc) is 2.85. The maximum Gasteiger partial charge on any atom is -0.0323 e. The Hall–Kier alpha value is 0. The predicted molar refractivity (Wildman–Crippen MR) is 161 cm³/mol. The molecule has 0 nitrogen and oxygen atoms in total. The van der Waals surface area contributed by atoms with Crippen molar-refractivity contribution in [2.45, 2.75) is 213 Å². The van der Waals surface area contributed by atoms with Crippen molar-refractivity contribution in [2.24, 2.45) is 11.3 Å². The summed E-state index contributed by atoms with van der Waals surface area (Å²) in [6.07, 6.45) is 44.6. The molecule has 35 heavy (non-hydrogen) atoms. The van der Waals surface area contributed by atoms with Crippen LogP contribution in [-0.4, -0.2) is 0 Å². The lowest BCUT2D eigenvalue weighted by Gasteiger charge is -2.38. The fourth-order valence-corrected chi connectivity index (χ4v) is 6.86. The van der Waals surface area contributed by atoms with Gasteiger partial charge in [0.15, 0.2) is 0 Å². The maximum absolute atomic E-state index is 2.64. The van der Waals surface area contributed by atoms with Crippen molar-refractivity contribution in [3.05, 3.63) is 0 Å². The van der Waals surface area contributed by atoms with E-state index in [1.54, 1.807) is 6.42 Å². The van der Waals surface area contributed by atoms with Crippen LogP contribution < -0.4 is 0 Å². The highest BCUT2D eigenvalue weighted by atomic mass is 14.4. The molecule has 0 saturated heterocycles. The van der Waals surface area contributed by atoms with Crippen LogP contribution in [0.15, 0.2) is 0 Å². The first-order valence-electron chi connectivity index (χ1n) is 17.2. The predicted octanol–water partition coefficient (Wildman–Crippen LogP) is 13.4. The van der Waals surface area contributed by atoms with Gasteiger partial charge in [-0.2, -0.15) is 0 Å². The zero-order valence-electron chi connectivity index (χ0n) is 25.3. The van der Waals surface area contributed by atoms with Crippen LogP contribution in [0.25, 0.3) is 0 Å². The first kappa shape index (κ1) is 33.0. The molecule has 0 aromatic heterocycles. The van der Waals surface area contributed by atoms with E-state index in [0.29, 0.717) is 5.41 Å². The summed E-state index contributed by atoms with van der Waals surface area (Å²) in [6, 6.07) is 0. The van der Waals surface area contributed by atoms with Gasteiger partial charge in [0.2, 0.25) is 0 Å². The second-order valence-electron chi connectivity index (χ2n) is 13.1. The Morgan fingerprint density at radius 2 is 0.857 bits per heavy atom. The van der Waals surface area contributed by atoms with Crippen molar-refractivity contribution >= 4 is 0 Å². The molecule has 0 heteroatoms. The molecule has 0 radical (unpaired) electrons. The summed E-state index contributed by atoms with van der Waals surface area (Å²) < 4.78 is 0. The molecule has 0 aliphatic heterocycles. The van der Waals surface area contributed by atoms with Gasteiger partial charge in [0.05, 0.1) is 0 Å². The summed E-state index contributed by atoms with van der Waals surface area (Å²) >= 11 is 0. The van der Waals surface area contributed by atoms with Crippen LogP contribution >= 0.6 is 0 Å². The Kier molecular flexibility index (Phi) is 23.0. The second-order valence-corrected chi connectivity index (χ2v) is 13.1. The zero-order valence-corrected chi connectivity index (χ0v) is 25.3. The van der Waals surface area contributed by atoms with Gasteiger partial charge < -0.3 is 0 Å². The molecule has 1 rings (SSSR count). The first-order chi connectivity index (χ1) is 17.2. The Labute approximate surface area is 224 Å². The Bertz CT molecular complexity index is 412. The van der Waals surface area contributed by atoms with Gasteiger partial charge in [-0.1, -0.05) is 194 Å². The van der Waals surface area contributed by atoms with Crippen molar-refractivity contribution < 1.29 is 0 Å². The summed E-state index contributed by atoms with van der Waals surface area (Å²) in [4.78, 5) is 0. The lowest BCUT2D eigenvalue weighted by molar-refractivity contribution is 0.135. The molecule has 0 spiro atoms. The molecule has 0 aromatic carbocycles. The minimum absolute atomic E-state index is 0.679. The third kappa shape index (κ3) is 20.7. The number of hydrogen-bond donors (Lipinski definition) is 0. The largest absolute Gasteiger partial charge is 0.0654 e. The lowest BCUT2D eigenvalue weighted by Crippen LogP contribution is -2.25. The standard InChI is InChI=1S/C35H70/c1-4-6-8-10-12-14-16-18-20-22-24-26-29-34-30-28-32-35(3,33-34)31-27-25-23-21-19-17-15-13-11-9-7-5-2/h34H,4-33H2,1-3H3. The molecule has 2 unspecified atom stereocenters. The molecule has 0 heterocycles. The quantitative estimate of drug-likeness (QED) is 0.106. The molecule has 0 aromatic rings. The summed E-state index contributed by atoms with van der Waals surface area (Å²) in [5.74, 6) is 1.05. The molecule has 2 atom stereocenters. The molecule has 210 valence electrons. The molecule has 0 bridgehead atoms. The van der Waals surface area contributed by atoms with E-state index < -0.39 is 0 Å². The van der Waals surface area contributed by atoms with Gasteiger partial charge in [0, 0.05) is 0 Å². The van der Waals surface area contributed by atoms with E-state index in [1.165, 1.54) is 186 Å². The van der Waals surface area contributed by atoms with Gasteiger partial charge in [-0.15, -0.1) is 0 Å². The van der Waals surface area contributed by atoms with Crippen LogP contribution in [0.1, 0.15) is 213 Å². The molecule has 1 fully saturated rings. The van der Waals surface area contributed by atoms with Crippen molar-refractivity contribution in [1.29, 1.82) is 0 Å². The van der Waals surface area contributed by atoms with Crippen molar-refractivity contribution in [1.82, 2.24) is 0 Å². The van der Waals surface area contributed by atoms with Crippen LogP contribution in [0.3, 0.4) is 0 Å². The van der Waals surface area contributed by atoms with Crippen molar-refractivity contribution in [2.75, 3.05) is 0 Å². The second kappa shape index (κ2) is 24.3. The fraction of sp³-hybridized carbons (Fsp3) is 1.00. The summed E-state index contributed by atoms with van der Waals surface area (Å²) in [7, 11) is 0. The van der Waals surface area contributed by atoms with Crippen LogP contribution in [-0.2, 0) is 0 Å². The fourth-order valence-electron chi connectivity index (χ4n) is 6.86. The van der Waals surface area contributed by atoms with Crippen molar-refractivity contribution in [3.63, 3.8) is 0 Å². The van der Waals surface area contributed by atoms with E-state index in [4.69, 9.17) is 0 Å². The summed E-state index contributed by atoms with van der Waals surface area (Å²) in [6.45, 7) is 7.26. The van der Waals surface area contributed by atoms with E-state index in [-0.39, 0.29) is 0 Å². The molecule has 1 aliphatic rings. The number of rotatable bonds is 26. The van der Waals surface area contributed by atoms with E-state index in [9.17, 15) is 0 Å². The summed E-state index contributed by atoms with van der Waals surface area (Å²) in [5, 5.41) is 0. The van der Waals surface area contributed by atoms with Crippen LogP contribution in [0, 0.1) is 11.3 Å². The first-order valence-corrected chi connectivity index (χ1v) is 17.2. The maximum atomic E-state index is 2.64. The number of unbranched alkanes of at least 4 members (excludes halogenated alkanes) is 22. The van der Waals surface area contributed by atoms with Gasteiger partial charge in [-0.05, 0) is 30.6 Å². The Morgan fingerprint density at radius 3 is 1.29 bits per heavy atom. The normalized spacial score (nSPS) is 20.5. The molecule has 1 saturated carbocycles. The molecular weight excluding hydrogens is 420 g/mol. The smallest absolute Gasteiger partial charge is 0.0323 e. The third-order valence-electron chi connectivity index (χ3n) is 9.27. The average molecular weight is 491 g/mol. The van der Waals surface area contributed by atoms with Gasteiger partial charge in [0.1, 0.15) is 0 Å². The van der Waals surface area contributed by atoms with Crippen LogP contribution in [0.5, 0.6) is 0 Å². The molecule has 0 amide bonds. The minimum atomic E-state index is 0.679. The highest BCUT2D eigenvalue weighted by Gasteiger charge is 2.31. The SMILES string of the molecule is CCCCCCCCCCCCCCC1CCCC(C)(CCCCCCCCCCCCCC)C1. The highest BCUT2D eigenvalue weighted by Crippen LogP contribution is 2.44. The molecule has 1 aliphatic carbocycles. The Morgan fingerprint density at radius 1 is 0.486 bits per heavy atom. The minimum Gasteiger partial charge on any atom is -0.0654 e. The number of hydrogen-bond acceptors (Lipinski definition) is 0. The van der Waals surface area contributed by atoms with Crippen LogP contribution in [0.4, 0.5) is 0 Å². The molecular formula is C35H70. The Balaban J connectivity index is 1.91. The van der Waals surface area contributed by atoms with E-state index in [0.717, 1.165) is 5.92 Å². The third-order valence-corrected chi connectivity index (χ3v) is 9.27. The van der Waals surface area contributed by atoms with Crippen molar-refractivity contribution in [3.8, 4) is 0 Å².